The predicted octanol–water partition coefficient (Wildman–Crippen LogP) is 4.74. The van der Waals surface area contributed by atoms with Crippen molar-refractivity contribution in [1.82, 2.24) is 24.8 Å². The zero-order valence-corrected chi connectivity index (χ0v) is 24.8. The van der Waals surface area contributed by atoms with Gasteiger partial charge >= 0.3 is 12.0 Å². The molecule has 220 valence electrons. The Morgan fingerprint density at radius 3 is 2.79 bits per heavy atom. The van der Waals surface area contributed by atoms with Crippen LogP contribution in [0.4, 0.5) is 20.1 Å². The van der Waals surface area contributed by atoms with Crippen LogP contribution in [0.5, 0.6) is 6.01 Å². The molecule has 0 saturated carbocycles. The number of halogens is 2. The summed E-state index contributed by atoms with van der Waals surface area (Å²) < 4.78 is 23.7. The van der Waals surface area contributed by atoms with Crippen molar-refractivity contribution in [3.05, 3.63) is 35.1 Å². The van der Waals surface area contributed by atoms with Crippen molar-refractivity contribution in [3.63, 3.8) is 0 Å². The number of benzene rings is 2. The number of nitrogens with two attached hydrogens (primary N) is 2. The quantitative estimate of drug-likeness (QED) is 0.332. The van der Waals surface area contributed by atoms with Crippen LogP contribution in [0, 0.1) is 11.2 Å². The number of piperidine rings is 1. The highest BCUT2D eigenvalue weighted by Crippen LogP contribution is 2.44. The van der Waals surface area contributed by atoms with Crippen molar-refractivity contribution in [1.29, 1.82) is 0 Å². The Labute approximate surface area is 251 Å². The van der Waals surface area contributed by atoms with E-state index < -0.39 is 11.8 Å². The number of anilines is 2. The number of primary amides is 1. The van der Waals surface area contributed by atoms with Gasteiger partial charge in [-0.1, -0.05) is 35.1 Å². The number of carbonyl (C=O) groups is 1. The summed E-state index contributed by atoms with van der Waals surface area (Å²) in [5, 5.41) is 1.15. The van der Waals surface area contributed by atoms with Gasteiger partial charge < -0.3 is 30.9 Å². The standard InChI is InChI=1S/C29H32ClFN8O2S/c1-37-9-3-5-16(37)12-41-28-35-24-18(25(36-28)38-10-4-8-29(13-38)14-39(15-29)27(33)40)11-19(30)21(22(24)31)17-6-2-7-20-23(17)34-26(32)42-20/h2,6-7,11,16H,3-5,8-10,12-15H2,1H3,(H2,32,34)(H2,33,40). The molecule has 2 aromatic carbocycles. The number of rotatable bonds is 5. The van der Waals surface area contributed by atoms with Crippen molar-refractivity contribution in [2.75, 3.05) is 57.0 Å². The maximum absolute atomic E-state index is 16.7. The third kappa shape index (κ3) is 4.65. The predicted molar refractivity (Wildman–Crippen MR) is 164 cm³/mol. The van der Waals surface area contributed by atoms with Gasteiger partial charge in [0.05, 0.1) is 15.2 Å². The molecule has 4 N–H and O–H groups in total. The van der Waals surface area contributed by atoms with Crippen LogP contribution < -0.4 is 21.1 Å². The van der Waals surface area contributed by atoms with E-state index in [0.717, 1.165) is 43.5 Å². The molecule has 0 bridgehead atoms. The maximum Gasteiger partial charge on any atom is 0.319 e. The lowest BCUT2D eigenvalue weighted by atomic mass is 9.73. The Morgan fingerprint density at radius 1 is 1.19 bits per heavy atom. The fourth-order valence-electron chi connectivity index (χ4n) is 6.81. The minimum atomic E-state index is -0.557. The molecule has 2 aromatic heterocycles. The van der Waals surface area contributed by atoms with E-state index in [1.54, 1.807) is 17.0 Å². The van der Waals surface area contributed by atoms with Gasteiger partial charge in [-0.25, -0.2) is 14.2 Å². The number of nitrogen functional groups attached to an aromatic ring is 1. The highest BCUT2D eigenvalue weighted by atomic mass is 35.5. The maximum atomic E-state index is 16.7. The second-order valence-electron chi connectivity index (χ2n) is 11.8. The van der Waals surface area contributed by atoms with Crippen molar-refractivity contribution in [2.24, 2.45) is 11.1 Å². The zero-order valence-electron chi connectivity index (χ0n) is 23.3. The Hall–Kier alpha value is -3.48. The number of likely N-dealkylation sites (tertiary alicyclic amines) is 2. The Morgan fingerprint density at radius 2 is 2.02 bits per heavy atom. The van der Waals surface area contributed by atoms with Crippen molar-refractivity contribution in [2.45, 2.75) is 31.7 Å². The summed E-state index contributed by atoms with van der Waals surface area (Å²) in [4.78, 5) is 31.7. The van der Waals surface area contributed by atoms with Crippen LogP contribution in [0.15, 0.2) is 24.3 Å². The lowest BCUT2D eigenvalue weighted by Gasteiger charge is -2.54. The molecule has 3 saturated heterocycles. The molecule has 13 heteroatoms. The fourth-order valence-corrected chi connectivity index (χ4v) is 7.86. The third-order valence-electron chi connectivity index (χ3n) is 8.95. The molecule has 4 aromatic rings. The largest absolute Gasteiger partial charge is 0.462 e. The number of amides is 2. The average molecular weight is 611 g/mol. The number of thiazole rings is 1. The molecule has 0 aliphatic carbocycles. The van der Waals surface area contributed by atoms with Gasteiger partial charge in [-0.05, 0) is 51.4 Å². The van der Waals surface area contributed by atoms with Crippen LogP contribution in [-0.4, -0.2) is 83.2 Å². The summed E-state index contributed by atoms with van der Waals surface area (Å²) in [7, 11) is 2.08. The summed E-state index contributed by atoms with van der Waals surface area (Å²) in [6, 6.07) is 7.25. The summed E-state index contributed by atoms with van der Waals surface area (Å²) in [6.07, 6.45) is 4.02. The number of likely N-dealkylation sites (N-methyl/N-ethyl adjacent to an activating group) is 1. The van der Waals surface area contributed by atoms with Crippen LogP contribution in [0.2, 0.25) is 5.02 Å². The first-order chi connectivity index (χ1) is 20.2. The fraction of sp³-hybridized carbons (Fsp3) is 0.448. The normalized spacial score (nSPS) is 20.5. The number of hydrogen-bond acceptors (Lipinski definition) is 9. The van der Waals surface area contributed by atoms with Gasteiger partial charge in [0.15, 0.2) is 10.9 Å². The summed E-state index contributed by atoms with van der Waals surface area (Å²) in [6.45, 7) is 4.01. The van der Waals surface area contributed by atoms with Crippen molar-refractivity contribution < 1.29 is 13.9 Å². The molecule has 5 heterocycles. The number of fused-ring (bicyclic) bond motifs is 2. The summed E-state index contributed by atoms with van der Waals surface area (Å²) >= 11 is 8.19. The smallest absolute Gasteiger partial charge is 0.319 e. The number of ether oxygens (including phenoxy) is 1. The highest BCUT2D eigenvalue weighted by molar-refractivity contribution is 7.22. The van der Waals surface area contributed by atoms with Crippen LogP contribution in [0.25, 0.3) is 32.2 Å². The van der Waals surface area contributed by atoms with Crippen LogP contribution in [0.1, 0.15) is 25.7 Å². The number of para-hydroxylation sites is 1. The Bertz CT molecular complexity index is 1710. The first-order valence-electron chi connectivity index (χ1n) is 14.2. The monoisotopic (exact) mass is 610 g/mol. The SMILES string of the molecule is CN1CCCC1COc1nc(N2CCCC3(CN(C(N)=O)C3)C2)c2cc(Cl)c(-c3cccc4sc(N)nc34)c(F)c2n1. The van der Waals surface area contributed by atoms with E-state index in [2.05, 4.69) is 26.8 Å². The minimum Gasteiger partial charge on any atom is -0.462 e. The molecule has 42 heavy (non-hydrogen) atoms. The van der Waals surface area contributed by atoms with Crippen LogP contribution in [-0.2, 0) is 0 Å². The van der Waals surface area contributed by atoms with Gasteiger partial charge in [0.25, 0.3) is 0 Å². The van der Waals surface area contributed by atoms with E-state index in [-0.39, 0.29) is 33.6 Å². The third-order valence-corrected chi connectivity index (χ3v) is 10.1. The number of nitrogens with zero attached hydrogens (tertiary/aromatic N) is 6. The zero-order chi connectivity index (χ0) is 29.2. The number of urea groups is 1. The van der Waals surface area contributed by atoms with Gasteiger partial charge in [0, 0.05) is 54.1 Å². The molecule has 3 fully saturated rings. The second kappa shape index (κ2) is 10.4. The first kappa shape index (κ1) is 27.4. The Balaban J connectivity index is 1.33. The van der Waals surface area contributed by atoms with Crippen molar-refractivity contribution in [3.8, 4) is 17.1 Å². The number of hydrogen-bond donors (Lipinski definition) is 2. The summed E-state index contributed by atoms with van der Waals surface area (Å²) in [5.74, 6) is 0.0214. The molecular weight excluding hydrogens is 579 g/mol. The van der Waals surface area contributed by atoms with Gasteiger partial charge in [0.2, 0.25) is 0 Å². The molecule has 1 unspecified atom stereocenters. The van der Waals surface area contributed by atoms with E-state index >= 15 is 4.39 Å². The molecule has 1 atom stereocenters. The molecule has 3 aliphatic rings. The first-order valence-corrected chi connectivity index (χ1v) is 15.4. The number of carbonyl (C=O) groups excluding carboxylic acids is 1. The van der Waals surface area contributed by atoms with Gasteiger partial charge in [-0.15, -0.1) is 0 Å². The molecule has 10 nitrogen and oxygen atoms in total. The molecule has 3 aliphatic heterocycles. The van der Waals surface area contributed by atoms with E-state index in [1.165, 1.54) is 11.3 Å². The van der Waals surface area contributed by atoms with Crippen LogP contribution >= 0.6 is 22.9 Å². The molecule has 7 rings (SSSR count). The van der Waals surface area contributed by atoms with Gasteiger partial charge in [-0.3, -0.25) is 0 Å². The van der Waals surface area contributed by atoms with Gasteiger partial charge in [-0.2, -0.15) is 9.97 Å². The van der Waals surface area contributed by atoms with E-state index in [9.17, 15) is 4.79 Å². The number of aromatic nitrogens is 3. The van der Waals surface area contributed by atoms with Crippen molar-refractivity contribution >= 4 is 61.0 Å². The molecular formula is C29H32ClFN8O2S. The van der Waals surface area contributed by atoms with E-state index in [4.69, 9.17) is 32.8 Å². The molecule has 1 spiro atoms. The minimum absolute atomic E-state index is 0.0827. The lowest BCUT2D eigenvalue weighted by Crippen LogP contribution is -2.65. The topological polar surface area (TPSA) is 127 Å². The Kier molecular flexibility index (Phi) is 6.74. The lowest BCUT2D eigenvalue weighted by molar-refractivity contribution is 0.0227. The molecule has 0 radical (unpaired) electrons. The van der Waals surface area contributed by atoms with Crippen LogP contribution in [0.3, 0.4) is 0 Å². The van der Waals surface area contributed by atoms with Gasteiger partial charge in [0.1, 0.15) is 17.9 Å². The average Bonchev–Trinajstić information content (AvgIpc) is 3.54. The van der Waals surface area contributed by atoms with E-state index in [1.807, 2.05) is 12.1 Å². The summed E-state index contributed by atoms with van der Waals surface area (Å²) in [5.41, 5.74) is 12.9. The molecule has 2 amide bonds. The second-order valence-corrected chi connectivity index (χ2v) is 13.3. The van der Waals surface area contributed by atoms with E-state index in [0.29, 0.717) is 53.7 Å². The highest BCUT2D eigenvalue weighted by Gasteiger charge is 2.47.